The highest BCUT2D eigenvalue weighted by Crippen LogP contribution is 2.44. The van der Waals surface area contributed by atoms with Gasteiger partial charge in [-0.05, 0) is 37.2 Å². The van der Waals surface area contributed by atoms with Crippen molar-refractivity contribution in [1.82, 2.24) is 9.97 Å². The summed E-state index contributed by atoms with van der Waals surface area (Å²) in [5.74, 6) is 1.79. The van der Waals surface area contributed by atoms with Gasteiger partial charge >= 0.3 is 0 Å². The van der Waals surface area contributed by atoms with Gasteiger partial charge in [-0.3, -0.25) is 0 Å². The summed E-state index contributed by atoms with van der Waals surface area (Å²) in [6.45, 7) is 6.26. The van der Waals surface area contributed by atoms with Crippen molar-refractivity contribution in [2.45, 2.75) is 45.4 Å². The maximum absolute atomic E-state index is 6.38. The predicted octanol–water partition coefficient (Wildman–Crippen LogP) is 5.11. The van der Waals surface area contributed by atoms with Gasteiger partial charge in [0.25, 0.3) is 0 Å². The van der Waals surface area contributed by atoms with Crippen molar-refractivity contribution in [3.8, 4) is 11.4 Å². The van der Waals surface area contributed by atoms with Crippen molar-refractivity contribution in [3.05, 3.63) is 46.2 Å². The molecule has 0 spiro atoms. The molecule has 0 unspecified atom stereocenters. The Balaban J connectivity index is 2.12. The van der Waals surface area contributed by atoms with Gasteiger partial charge in [0, 0.05) is 16.8 Å². The Kier molecular flexibility index (Phi) is 3.51. The molecule has 1 aliphatic rings. The summed E-state index contributed by atoms with van der Waals surface area (Å²) in [6, 6.07) is 8.43. The highest BCUT2D eigenvalue weighted by Gasteiger charge is 2.27. The summed E-state index contributed by atoms with van der Waals surface area (Å²) in [4.78, 5) is 9.25. The van der Waals surface area contributed by atoms with E-state index < -0.39 is 0 Å². The van der Waals surface area contributed by atoms with E-state index in [1.165, 1.54) is 18.4 Å². The van der Waals surface area contributed by atoms with Gasteiger partial charge in [-0.25, -0.2) is 9.97 Å². The standard InChI is InChI=1S/C17H19ClN2/c1-10(2)15-11(3)19-17(20-16(15)18)14-7-5-4-6-13(14)12-8-9-12/h4-7,10,12H,8-9H2,1-3H3. The minimum atomic E-state index is 0.343. The molecule has 3 heteroatoms. The number of hydrogen-bond acceptors (Lipinski definition) is 2. The molecule has 1 aromatic heterocycles. The lowest BCUT2D eigenvalue weighted by atomic mass is 10.0. The van der Waals surface area contributed by atoms with E-state index in [9.17, 15) is 0 Å². The fourth-order valence-electron chi connectivity index (χ4n) is 2.77. The lowest BCUT2D eigenvalue weighted by Crippen LogP contribution is -2.03. The molecule has 2 aromatic rings. The highest BCUT2D eigenvalue weighted by atomic mass is 35.5. The van der Waals surface area contributed by atoms with Crippen LogP contribution in [0.4, 0.5) is 0 Å². The Morgan fingerprint density at radius 2 is 1.85 bits per heavy atom. The summed E-state index contributed by atoms with van der Waals surface area (Å²) in [7, 11) is 0. The molecule has 0 amide bonds. The van der Waals surface area contributed by atoms with Crippen molar-refractivity contribution >= 4 is 11.6 Å². The number of aromatic nitrogens is 2. The number of rotatable bonds is 3. The molecule has 1 aromatic carbocycles. The SMILES string of the molecule is Cc1nc(-c2ccccc2C2CC2)nc(Cl)c1C(C)C. The number of benzene rings is 1. The van der Waals surface area contributed by atoms with Crippen LogP contribution in [0.25, 0.3) is 11.4 Å². The molecule has 2 nitrogen and oxygen atoms in total. The van der Waals surface area contributed by atoms with Crippen molar-refractivity contribution in [3.63, 3.8) is 0 Å². The van der Waals surface area contributed by atoms with E-state index in [2.05, 4.69) is 37.0 Å². The van der Waals surface area contributed by atoms with E-state index >= 15 is 0 Å². The van der Waals surface area contributed by atoms with Crippen LogP contribution in [0.15, 0.2) is 24.3 Å². The molecule has 0 bridgehead atoms. The molecule has 0 radical (unpaired) electrons. The Morgan fingerprint density at radius 1 is 1.15 bits per heavy atom. The molecule has 20 heavy (non-hydrogen) atoms. The summed E-state index contributed by atoms with van der Waals surface area (Å²) < 4.78 is 0. The lowest BCUT2D eigenvalue weighted by molar-refractivity contribution is 0.831. The molecule has 1 heterocycles. The van der Waals surface area contributed by atoms with Gasteiger partial charge in [0.1, 0.15) is 5.15 Å². The van der Waals surface area contributed by atoms with Crippen molar-refractivity contribution in [2.75, 3.05) is 0 Å². The lowest BCUT2D eigenvalue weighted by Gasteiger charge is -2.14. The number of nitrogens with zero attached hydrogens (tertiary/aromatic N) is 2. The summed E-state index contributed by atoms with van der Waals surface area (Å²) in [6.07, 6.45) is 2.54. The average Bonchev–Trinajstić information content (AvgIpc) is 3.21. The van der Waals surface area contributed by atoms with Crippen molar-refractivity contribution < 1.29 is 0 Å². The van der Waals surface area contributed by atoms with Gasteiger partial charge in [0.2, 0.25) is 0 Å². The van der Waals surface area contributed by atoms with Crippen molar-refractivity contribution in [1.29, 1.82) is 0 Å². The highest BCUT2D eigenvalue weighted by molar-refractivity contribution is 6.30. The fourth-order valence-corrected chi connectivity index (χ4v) is 3.21. The molecule has 1 saturated carbocycles. The zero-order chi connectivity index (χ0) is 14.3. The van der Waals surface area contributed by atoms with E-state index in [1.54, 1.807) is 0 Å². The predicted molar refractivity (Wildman–Crippen MR) is 83.3 cm³/mol. The summed E-state index contributed by atoms with van der Waals surface area (Å²) in [5, 5.41) is 0.591. The van der Waals surface area contributed by atoms with Gasteiger partial charge in [0.05, 0.1) is 0 Å². The van der Waals surface area contributed by atoms with E-state index in [-0.39, 0.29) is 0 Å². The molecule has 0 saturated heterocycles. The zero-order valence-corrected chi connectivity index (χ0v) is 12.9. The quantitative estimate of drug-likeness (QED) is 0.733. The van der Waals surface area contributed by atoms with Crippen LogP contribution in [0.3, 0.4) is 0 Å². The van der Waals surface area contributed by atoms with Crippen LogP contribution in [0.2, 0.25) is 5.15 Å². The average molecular weight is 287 g/mol. The first-order valence-electron chi connectivity index (χ1n) is 7.21. The Bertz CT molecular complexity index is 622. The van der Waals surface area contributed by atoms with Crippen LogP contribution in [0.1, 0.15) is 55.3 Å². The minimum absolute atomic E-state index is 0.343. The van der Waals surface area contributed by atoms with Crippen molar-refractivity contribution in [2.24, 2.45) is 0 Å². The third kappa shape index (κ3) is 2.45. The van der Waals surface area contributed by atoms with Gasteiger partial charge in [0.15, 0.2) is 5.82 Å². The maximum Gasteiger partial charge on any atom is 0.161 e. The van der Waals surface area contributed by atoms with Gasteiger partial charge < -0.3 is 0 Å². The van der Waals surface area contributed by atoms with Gasteiger partial charge in [-0.2, -0.15) is 0 Å². The molecule has 3 rings (SSSR count). The monoisotopic (exact) mass is 286 g/mol. The first-order chi connectivity index (χ1) is 9.58. The normalized spacial score (nSPS) is 14.8. The van der Waals surface area contributed by atoms with Gasteiger partial charge in [-0.1, -0.05) is 49.7 Å². The topological polar surface area (TPSA) is 25.8 Å². The molecule has 104 valence electrons. The first kappa shape index (κ1) is 13.6. The zero-order valence-electron chi connectivity index (χ0n) is 12.2. The van der Waals surface area contributed by atoms with E-state index in [0.29, 0.717) is 17.0 Å². The Labute approximate surface area is 125 Å². The molecule has 0 N–H and O–H groups in total. The number of halogens is 1. The third-order valence-corrected chi connectivity index (χ3v) is 4.17. The summed E-state index contributed by atoms with van der Waals surface area (Å²) >= 11 is 6.38. The second-order valence-corrected chi connectivity index (χ2v) is 6.21. The smallest absolute Gasteiger partial charge is 0.161 e. The fraction of sp³-hybridized carbons (Fsp3) is 0.412. The van der Waals surface area contributed by atoms with E-state index in [4.69, 9.17) is 16.6 Å². The molecule has 1 aliphatic carbocycles. The summed E-state index contributed by atoms with van der Waals surface area (Å²) in [5.41, 5.74) is 4.54. The van der Waals surface area contributed by atoms with E-state index in [1.807, 2.05) is 13.0 Å². The molecule has 0 aliphatic heterocycles. The second-order valence-electron chi connectivity index (χ2n) is 5.85. The van der Waals surface area contributed by atoms with Crippen LogP contribution >= 0.6 is 11.6 Å². The number of aryl methyl sites for hydroxylation is 1. The molecular formula is C17H19ClN2. The Hall–Kier alpha value is -1.41. The van der Waals surface area contributed by atoms with Crippen LogP contribution in [-0.4, -0.2) is 9.97 Å². The minimum Gasteiger partial charge on any atom is -0.233 e. The van der Waals surface area contributed by atoms with E-state index in [0.717, 1.165) is 22.6 Å². The maximum atomic E-state index is 6.38. The molecule has 0 atom stereocenters. The van der Waals surface area contributed by atoms with Crippen LogP contribution in [0.5, 0.6) is 0 Å². The van der Waals surface area contributed by atoms with Crippen LogP contribution in [-0.2, 0) is 0 Å². The van der Waals surface area contributed by atoms with Crippen LogP contribution in [0, 0.1) is 6.92 Å². The van der Waals surface area contributed by atoms with Crippen LogP contribution < -0.4 is 0 Å². The van der Waals surface area contributed by atoms with Gasteiger partial charge in [-0.15, -0.1) is 0 Å². The molecular weight excluding hydrogens is 268 g/mol. The molecule has 1 fully saturated rings. The largest absolute Gasteiger partial charge is 0.233 e. The number of hydrogen-bond donors (Lipinski definition) is 0. The first-order valence-corrected chi connectivity index (χ1v) is 7.59. The Morgan fingerprint density at radius 3 is 2.45 bits per heavy atom. The second kappa shape index (κ2) is 5.17. The third-order valence-electron chi connectivity index (χ3n) is 3.89.